The first-order valence-electron chi connectivity index (χ1n) is 7.33. The van der Waals surface area contributed by atoms with E-state index >= 15 is 0 Å². The van der Waals surface area contributed by atoms with E-state index in [0.717, 1.165) is 26.2 Å². The second kappa shape index (κ2) is 9.46. The van der Waals surface area contributed by atoms with Gasteiger partial charge in [-0.2, -0.15) is 0 Å². The smallest absolute Gasteiger partial charge is 0.223 e. The third-order valence-electron chi connectivity index (χ3n) is 3.43. The summed E-state index contributed by atoms with van der Waals surface area (Å²) in [6, 6.07) is 0. The van der Waals surface area contributed by atoms with Crippen LogP contribution in [0.5, 0.6) is 0 Å². The van der Waals surface area contributed by atoms with Crippen LogP contribution in [0.4, 0.5) is 0 Å². The van der Waals surface area contributed by atoms with Crippen LogP contribution in [-0.2, 0) is 4.79 Å². The molecule has 17 heavy (non-hydrogen) atoms. The van der Waals surface area contributed by atoms with Crippen LogP contribution in [0.3, 0.4) is 0 Å². The molecule has 1 aliphatic rings. The highest BCUT2D eigenvalue weighted by molar-refractivity contribution is 5.76. The standard InChI is InChI=1S/C14H28N2O/c1-2-3-4-5-6-10-15-11-9-14(17)16-12-7-8-13-16/h15H,2-13H2,1H3. The molecule has 0 aliphatic carbocycles. The first-order valence-corrected chi connectivity index (χ1v) is 7.33. The normalized spacial score (nSPS) is 15.5. The lowest BCUT2D eigenvalue weighted by molar-refractivity contribution is -0.130. The van der Waals surface area contributed by atoms with E-state index in [9.17, 15) is 4.79 Å². The van der Waals surface area contributed by atoms with E-state index in [2.05, 4.69) is 12.2 Å². The van der Waals surface area contributed by atoms with Gasteiger partial charge in [0, 0.05) is 26.1 Å². The molecular formula is C14H28N2O. The fraction of sp³-hybridized carbons (Fsp3) is 0.929. The number of nitrogens with one attached hydrogen (secondary N) is 1. The van der Waals surface area contributed by atoms with Gasteiger partial charge in [0.1, 0.15) is 0 Å². The lowest BCUT2D eigenvalue weighted by Gasteiger charge is -2.15. The highest BCUT2D eigenvalue weighted by Crippen LogP contribution is 2.08. The van der Waals surface area contributed by atoms with Crippen molar-refractivity contribution in [1.82, 2.24) is 10.2 Å². The molecule has 3 nitrogen and oxygen atoms in total. The topological polar surface area (TPSA) is 32.3 Å². The monoisotopic (exact) mass is 240 g/mol. The molecule has 1 N–H and O–H groups in total. The predicted molar refractivity (Wildman–Crippen MR) is 72.1 cm³/mol. The Morgan fingerprint density at radius 2 is 1.76 bits per heavy atom. The van der Waals surface area contributed by atoms with E-state index in [1.54, 1.807) is 0 Å². The number of hydrogen-bond acceptors (Lipinski definition) is 2. The maximum absolute atomic E-state index is 11.7. The van der Waals surface area contributed by atoms with Gasteiger partial charge in [-0.15, -0.1) is 0 Å². The molecule has 0 aromatic carbocycles. The van der Waals surface area contributed by atoms with Crippen LogP contribution in [0.25, 0.3) is 0 Å². The molecule has 1 aliphatic heterocycles. The van der Waals surface area contributed by atoms with Crippen LogP contribution < -0.4 is 5.32 Å². The molecule has 1 fully saturated rings. The van der Waals surface area contributed by atoms with Gasteiger partial charge in [0.25, 0.3) is 0 Å². The SMILES string of the molecule is CCCCCCCNCCC(=O)N1CCCC1. The van der Waals surface area contributed by atoms with Crippen molar-refractivity contribution in [2.24, 2.45) is 0 Å². The van der Waals surface area contributed by atoms with Crippen molar-refractivity contribution in [2.45, 2.75) is 58.3 Å². The van der Waals surface area contributed by atoms with E-state index in [0.29, 0.717) is 12.3 Å². The third kappa shape index (κ3) is 6.67. The lowest BCUT2D eigenvalue weighted by atomic mass is 10.1. The van der Waals surface area contributed by atoms with Crippen molar-refractivity contribution in [3.8, 4) is 0 Å². The maximum atomic E-state index is 11.7. The number of rotatable bonds is 9. The van der Waals surface area contributed by atoms with Gasteiger partial charge >= 0.3 is 0 Å². The van der Waals surface area contributed by atoms with E-state index in [1.165, 1.54) is 44.9 Å². The molecule has 0 spiro atoms. The summed E-state index contributed by atoms with van der Waals surface area (Å²) in [5.41, 5.74) is 0. The summed E-state index contributed by atoms with van der Waals surface area (Å²) >= 11 is 0. The van der Waals surface area contributed by atoms with Crippen LogP contribution in [0.15, 0.2) is 0 Å². The van der Waals surface area contributed by atoms with Crippen LogP contribution in [0.1, 0.15) is 58.3 Å². The summed E-state index contributed by atoms with van der Waals surface area (Å²) in [4.78, 5) is 13.7. The van der Waals surface area contributed by atoms with Gasteiger partial charge in [-0.3, -0.25) is 4.79 Å². The average molecular weight is 240 g/mol. The molecule has 1 rings (SSSR count). The van der Waals surface area contributed by atoms with Gasteiger partial charge in [0.05, 0.1) is 0 Å². The second-order valence-corrected chi connectivity index (χ2v) is 5.00. The highest BCUT2D eigenvalue weighted by Gasteiger charge is 2.16. The predicted octanol–water partition coefficient (Wildman–Crippen LogP) is 2.56. The van der Waals surface area contributed by atoms with E-state index in [1.807, 2.05) is 4.90 Å². The van der Waals surface area contributed by atoms with E-state index in [-0.39, 0.29) is 0 Å². The van der Waals surface area contributed by atoms with Gasteiger partial charge in [-0.25, -0.2) is 0 Å². The van der Waals surface area contributed by atoms with Crippen molar-refractivity contribution < 1.29 is 4.79 Å². The van der Waals surface area contributed by atoms with Gasteiger partial charge in [-0.05, 0) is 25.8 Å². The highest BCUT2D eigenvalue weighted by atomic mass is 16.2. The van der Waals surface area contributed by atoms with Gasteiger partial charge < -0.3 is 10.2 Å². The molecule has 1 saturated heterocycles. The van der Waals surface area contributed by atoms with Crippen LogP contribution in [-0.4, -0.2) is 37.0 Å². The summed E-state index contributed by atoms with van der Waals surface area (Å²) in [5.74, 6) is 0.334. The largest absolute Gasteiger partial charge is 0.343 e. The van der Waals surface area contributed by atoms with Gasteiger partial charge in [0.15, 0.2) is 0 Å². The molecule has 3 heteroatoms. The van der Waals surface area contributed by atoms with Crippen LogP contribution >= 0.6 is 0 Å². The number of likely N-dealkylation sites (tertiary alicyclic amines) is 1. The molecule has 0 bridgehead atoms. The van der Waals surface area contributed by atoms with Crippen molar-refractivity contribution in [3.63, 3.8) is 0 Å². The molecule has 0 atom stereocenters. The fourth-order valence-electron chi connectivity index (χ4n) is 2.30. The minimum Gasteiger partial charge on any atom is -0.343 e. The quantitative estimate of drug-likeness (QED) is 0.628. The van der Waals surface area contributed by atoms with Crippen molar-refractivity contribution >= 4 is 5.91 Å². The first-order chi connectivity index (χ1) is 8.34. The third-order valence-corrected chi connectivity index (χ3v) is 3.43. The summed E-state index contributed by atoms with van der Waals surface area (Å²) < 4.78 is 0. The number of unbranched alkanes of at least 4 members (excludes halogenated alkanes) is 4. The summed E-state index contributed by atoms with van der Waals surface area (Å²) in [7, 11) is 0. The number of hydrogen-bond donors (Lipinski definition) is 1. The molecule has 1 amide bonds. The summed E-state index contributed by atoms with van der Waals surface area (Å²) in [6.07, 6.45) is 9.64. The molecular weight excluding hydrogens is 212 g/mol. The Bertz CT molecular complexity index is 200. The van der Waals surface area contributed by atoms with Gasteiger partial charge in [0.2, 0.25) is 5.91 Å². The number of carbonyl (C=O) groups is 1. The zero-order chi connectivity index (χ0) is 12.3. The molecule has 0 aromatic heterocycles. The summed E-state index contributed by atoms with van der Waals surface area (Å²) in [6.45, 7) is 6.12. The Hall–Kier alpha value is -0.570. The van der Waals surface area contributed by atoms with Crippen molar-refractivity contribution in [2.75, 3.05) is 26.2 Å². The Morgan fingerprint density at radius 3 is 2.47 bits per heavy atom. The Labute approximate surface area is 106 Å². The zero-order valence-corrected chi connectivity index (χ0v) is 11.3. The van der Waals surface area contributed by atoms with Crippen molar-refractivity contribution in [1.29, 1.82) is 0 Å². The molecule has 0 saturated carbocycles. The number of nitrogens with zero attached hydrogens (tertiary/aromatic N) is 1. The van der Waals surface area contributed by atoms with Crippen molar-refractivity contribution in [3.05, 3.63) is 0 Å². The van der Waals surface area contributed by atoms with Crippen LogP contribution in [0.2, 0.25) is 0 Å². The van der Waals surface area contributed by atoms with E-state index < -0.39 is 0 Å². The minimum atomic E-state index is 0.334. The summed E-state index contributed by atoms with van der Waals surface area (Å²) in [5, 5.41) is 3.37. The number of amides is 1. The fourth-order valence-corrected chi connectivity index (χ4v) is 2.30. The van der Waals surface area contributed by atoms with E-state index in [4.69, 9.17) is 0 Å². The average Bonchev–Trinajstić information content (AvgIpc) is 2.86. The molecule has 0 unspecified atom stereocenters. The lowest BCUT2D eigenvalue weighted by Crippen LogP contribution is -2.30. The number of carbonyl (C=O) groups excluding carboxylic acids is 1. The Kier molecular flexibility index (Phi) is 8.06. The molecule has 0 radical (unpaired) electrons. The maximum Gasteiger partial charge on any atom is 0.223 e. The molecule has 100 valence electrons. The van der Waals surface area contributed by atoms with Gasteiger partial charge in [-0.1, -0.05) is 32.6 Å². The van der Waals surface area contributed by atoms with Crippen LogP contribution in [0, 0.1) is 0 Å². The molecule has 1 heterocycles. The Balaban J connectivity index is 1.85. The Morgan fingerprint density at radius 1 is 1.06 bits per heavy atom. The second-order valence-electron chi connectivity index (χ2n) is 5.00. The molecule has 0 aromatic rings. The first kappa shape index (κ1) is 14.5. The minimum absolute atomic E-state index is 0.334. The zero-order valence-electron chi connectivity index (χ0n) is 11.3.